The minimum atomic E-state index is -0.722. The SMILES string of the molecule is [CH3][PbH]([CH3])[CH3]. The average Bonchev–Trinajstić information content (AvgIpc) is 0.811. The van der Waals surface area contributed by atoms with Crippen molar-refractivity contribution in [2.45, 2.75) is 13.4 Å². The van der Waals surface area contributed by atoms with E-state index in [-0.39, 0.29) is 0 Å². The van der Waals surface area contributed by atoms with Crippen LogP contribution in [-0.4, -0.2) is 22.7 Å². The Morgan fingerprint density at radius 2 is 1.00 bits per heavy atom. The molecule has 0 aliphatic heterocycles. The second-order valence-corrected chi connectivity index (χ2v) is 15.2. The molecule has 0 spiro atoms. The first-order valence-corrected chi connectivity index (χ1v) is 15.2. The van der Waals surface area contributed by atoms with Crippen LogP contribution in [-0.2, 0) is 0 Å². The maximum absolute atomic E-state index is 2.39. The van der Waals surface area contributed by atoms with Crippen LogP contribution in [0.5, 0.6) is 0 Å². The van der Waals surface area contributed by atoms with Gasteiger partial charge in [-0.1, -0.05) is 0 Å². The molecule has 0 nitrogen and oxygen atoms in total. The molecule has 0 saturated heterocycles. The van der Waals surface area contributed by atoms with Crippen molar-refractivity contribution in [3.05, 3.63) is 0 Å². The van der Waals surface area contributed by atoms with Gasteiger partial charge in [-0.3, -0.25) is 0 Å². The van der Waals surface area contributed by atoms with Crippen LogP contribution in [0.1, 0.15) is 0 Å². The Hall–Kier alpha value is 0.922. The summed E-state index contributed by atoms with van der Waals surface area (Å²) in [7, 11) is 0. The summed E-state index contributed by atoms with van der Waals surface area (Å²) >= 11 is -0.722. The van der Waals surface area contributed by atoms with Crippen LogP contribution in [0.4, 0.5) is 0 Å². The molecule has 0 aromatic carbocycles. The van der Waals surface area contributed by atoms with E-state index >= 15 is 0 Å². The molecule has 1 heteroatoms. The Bertz CT molecular complexity index is 8.00. The van der Waals surface area contributed by atoms with E-state index in [2.05, 4.69) is 13.4 Å². The quantitative estimate of drug-likeness (QED) is 0.567. The molecule has 0 unspecified atom stereocenters. The number of hydrogen-bond donors (Lipinski definition) is 0. The Kier molecular flexibility index (Phi) is 2.68. The van der Waals surface area contributed by atoms with Crippen LogP contribution >= 0.6 is 0 Å². The molecule has 0 bridgehead atoms. The van der Waals surface area contributed by atoms with Crippen molar-refractivity contribution in [1.82, 2.24) is 0 Å². The van der Waals surface area contributed by atoms with E-state index in [1.807, 2.05) is 0 Å². The summed E-state index contributed by atoms with van der Waals surface area (Å²) in [5.41, 5.74) is 0. The van der Waals surface area contributed by atoms with Crippen molar-refractivity contribution in [3.63, 3.8) is 0 Å². The van der Waals surface area contributed by atoms with Crippen LogP contribution < -0.4 is 0 Å². The van der Waals surface area contributed by atoms with Gasteiger partial charge in [0, 0.05) is 0 Å². The first-order chi connectivity index (χ1) is 1.73. The average molecular weight is 253 g/mol. The molecular weight excluding hydrogens is 243 g/mol. The molecule has 0 N–H and O–H groups in total. The van der Waals surface area contributed by atoms with Crippen molar-refractivity contribution in [2.75, 3.05) is 0 Å². The first-order valence-electron chi connectivity index (χ1n) is 1.73. The molecule has 0 aromatic heterocycles. The molecule has 26 valence electrons. The molecule has 0 saturated carbocycles. The van der Waals surface area contributed by atoms with Crippen molar-refractivity contribution in [2.24, 2.45) is 0 Å². The van der Waals surface area contributed by atoms with Crippen LogP contribution in [0, 0.1) is 0 Å². The molecule has 0 atom stereocenters. The van der Waals surface area contributed by atoms with Crippen molar-refractivity contribution in [1.29, 1.82) is 0 Å². The zero-order valence-corrected chi connectivity index (χ0v) is 8.07. The van der Waals surface area contributed by atoms with Gasteiger partial charge in [0.05, 0.1) is 0 Å². The van der Waals surface area contributed by atoms with Gasteiger partial charge in [-0.25, -0.2) is 0 Å². The van der Waals surface area contributed by atoms with Gasteiger partial charge in [-0.15, -0.1) is 0 Å². The third-order valence-electron chi connectivity index (χ3n) is 0. The zero-order valence-electron chi connectivity index (χ0n) is 3.58. The van der Waals surface area contributed by atoms with E-state index < -0.39 is 22.7 Å². The minimum absolute atomic E-state index is 0.722. The third kappa shape index (κ3) is 12.7. The van der Waals surface area contributed by atoms with Gasteiger partial charge in [0.1, 0.15) is 0 Å². The first kappa shape index (κ1) is 4.92. The Morgan fingerprint density at radius 1 is 1.00 bits per heavy atom. The van der Waals surface area contributed by atoms with Crippen LogP contribution in [0.15, 0.2) is 0 Å². The fourth-order valence-corrected chi connectivity index (χ4v) is 0. The van der Waals surface area contributed by atoms with Gasteiger partial charge >= 0.3 is 36.2 Å². The van der Waals surface area contributed by atoms with Gasteiger partial charge < -0.3 is 0 Å². The standard InChI is InChI=1S/3CH3.Pb.H/h3*1H3;;. The van der Waals surface area contributed by atoms with E-state index in [1.165, 1.54) is 0 Å². The topological polar surface area (TPSA) is 0 Å². The molecule has 0 rings (SSSR count). The van der Waals surface area contributed by atoms with E-state index in [9.17, 15) is 0 Å². The summed E-state index contributed by atoms with van der Waals surface area (Å²) in [6.07, 6.45) is 0. The van der Waals surface area contributed by atoms with E-state index in [0.717, 1.165) is 0 Å². The molecule has 0 aliphatic carbocycles. The molecule has 0 fully saturated rings. The van der Waals surface area contributed by atoms with Crippen molar-refractivity contribution in [3.8, 4) is 0 Å². The Morgan fingerprint density at radius 3 is 1.00 bits per heavy atom. The summed E-state index contributed by atoms with van der Waals surface area (Å²) in [4.78, 5) is 0. The fraction of sp³-hybridized carbons (Fsp3) is 1.00. The van der Waals surface area contributed by atoms with Crippen LogP contribution in [0.25, 0.3) is 0 Å². The predicted octanol–water partition coefficient (Wildman–Crippen LogP) is 1.10. The number of rotatable bonds is 0. The molecule has 0 aromatic rings. The van der Waals surface area contributed by atoms with Crippen LogP contribution in [0.2, 0.25) is 13.4 Å². The summed E-state index contributed by atoms with van der Waals surface area (Å²) in [6.45, 7) is 0. The van der Waals surface area contributed by atoms with E-state index in [0.29, 0.717) is 0 Å². The van der Waals surface area contributed by atoms with Gasteiger partial charge in [0.25, 0.3) is 0 Å². The summed E-state index contributed by atoms with van der Waals surface area (Å²) in [5.74, 6) is 0. The molecule has 0 heterocycles. The second-order valence-electron chi connectivity index (χ2n) is 1.73. The van der Waals surface area contributed by atoms with Gasteiger partial charge in [0.15, 0.2) is 0 Å². The maximum atomic E-state index is 2.39. The summed E-state index contributed by atoms with van der Waals surface area (Å²) in [6, 6.07) is 0. The number of hydrogen-bond acceptors (Lipinski definition) is 0. The fourth-order valence-electron chi connectivity index (χ4n) is 0. The molecule has 4 heavy (non-hydrogen) atoms. The second kappa shape index (κ2) is 2.18. The predicted molar refractivity (Wildman–Crippen MR) is 24.7 cm³/mol. The summed E-state index contributed by atoms with van der Waals surface area (Å²) < 4.78 is 7.17. The van der Waals surface area contributed by atoms with E-state index in [4.69, 9.17) is 0 Å². The van der Waals surface area contributed by atoms with E-state index in [1.54, 1.807) is 0 Å². The normalized spacial score (nSPS) is 9.00. The van der Waals surface area contributed by atoms with Gasteiger partial charge in [0.2, 0.25) is 0 Å². The molecule has 0 aliphatic rings. The Labute approximate surface area is 36.3 Å². The van der Waals surface area contributed by atoms with Crippen molar-refractivity contribution < 1.29 is 0 Å². The molecular formula is C3H10Pb. The molecule has 0 radical (unpaired) electrons. The van der Waals surface area contributed by atoms with Gasteiger partial charge in [-0.05, 0) is 0 Å². The van der Waals surface area contributed by atoms with Gasteiger partial charge in [-0.2, -0.15) is 0 Å². The zero-order chi connectivity index (χ0) is 3.58. The van der Waals surface area contributed by atoms with Crippen LogP contribution in [0.3, 0.4) is 0 Å². The molecule has 0 amide bonds. The summed E-state index contributed by atoms with van der Waals surface area (Å²) in [5, 5.41) is 0. The monoisotopic (exact) mass is 254 g/mol. The Balaban J connectivity index is 2.32. The third-order valence-corrected chi connectivity index (χ3v) is 0. The van der Waals surface area contributed by atoms with Crippen molar-refractivity contribution >= 4 is 22.7 Å².